The largest absolute Gasteiger partial charge is 0.399 e. The summed E-state index contributed by atoms with van der Waals surface area (Å²) < 4.78 is 11.2. The highest BCUT2D eigenvalue weighted by atomic mass is 32.2. The van der Waals surface area contributed by atoms with Crippen LogP contribution in [0.1, 0.15) is 13.3 Å². The van der Waals surface area contributed by atoms with Gasteiger partial charge in [0.05, 0.1) is 5.52 Å². The quantitative estimate of drug-likeness (QED) is 0.823. The van der Waals surface area contributed by atoms with E-state index in [0.717, 1.165) is 35.4 Å². The van der Waals surface area contributed by atoms with Gasteiger partial charge in [0.25, 0.3) is 0 Å². The summed E-state index contributed by atoms with van der Waals surface area (Å²) in [5, 5.41) is 4.50. The Balaban J connectivity index is 2.02. The van der Waals surface area contributed by atoms with Gasteiger partial charge in [0, 0.05) is 39.9 Å². The predicted octanol–water partition coefficient (Wildman–Crippen LogP) is 2.39. The first-order valence-corrected chi connectivity index (χ1v) is 7.91. The molecule has 2 rings (SSSR count). The summed E-state index contributed by atoms with van der Waals surface area (Å²) in [6.07, 6.45) is 2.61. The molecule has 2 atom stereocenters. The molecule has 0 aliphatic rings. The van der Waals surface area contributed by atoms with Gasteiger partial charge in [0.1, 0.15) is 5.82 Å². The van der Waals surface area contributed by atoms with Gasteiger partial charge in [-0.15, -0.1) is 0 Å². The van der Waals surface area contributed by atoms with Crippen molar-refractivity contribution in [2.45, 2.75) is 18.6 Å². The molecule has 4 nitrogen and oxygen atoms in total. The number of anilines is 2. The number of nitrogens with two attached hydrogens (primary N) is 1. The molecule has 0 amide bonds. The Labute approximate surface area is 115 Å². The van der Waals surface area contributed by atoms with Gasteiger partial charge >= 0.3 is 0 Å². The molecule has 2 unspecified atom stereocenters. The lowest BCUT2D eigenvalue weighted by Gasteiger charge is -2.10. The van der Waals surface area contributed by atoms with E-state index in [4.69, 9.17) is 5.73 Å². The fraction of sp³-hybridized carbons (Fsp3) is 0.357. The maximum atomic E-state index is 11.2. The van der Waals surface area contributed by atoms with Crippen LogP contribution in [0.25, 0.3) is 10.9 Å². The first-order valence-electron chi connectivity index (χ1n) is 6.28. The van der Waals surface area contributed by atoms with E-state index in [0.29, 0.717) is 0 Å². The molecule has 0 spiro atoms. The van der Waals surface area contributed by atoms with Crippen molar-refractivity contribution in [2.75, 3.05) is 23.9 Å². The molecule has 0 radical (unpaired) electrons. The van der Waals surface area contributed by atoms with Crippen LogP contribution >= 0.6 is 0 Å². The van der Waals surface area contributed by atoms with Crippen molar-refractivity contribution >= 4 is 33.2 Å². The van der Waals surface area contributed by atoms with Crippen molar-refractivity contribution in [3.8, 4) is 0 Å². The fourth-order valence-electron chi connectivity index (χ4n) is 1.81. The number of fused-ring (bicyclic) bond motifs is 1. The van der Waals surface area contributed by atoms with Gasteiger partial charge < -0.3 is 11.1 Å². The molecule has 1 heterocycles. The zero-order valence-electron chi connectivity index (χ0n) is 11.2. The smallest absolute Gasteiger partial charge is 0.126 e. The number of hydrogen-bond donors (Lipinski definition) is 2. The van der Waals surface area contributed by atoms with Crippen LogP contribution in [-0.2, 0) is 10.8 Å². The molecule has 0 aliphatic carbocycles. The van der Waals surface area contributed by atoms with Crippen molar-refractivity contribution in [1.82, 2.24) is 4.98 Å². The Bertz CT molecular complexity index is 600. The van der Waals surface area contributed by atoms with E-state index in [1.54, 1.807) is 6.26 Å². The molecule has 5 heteroatoms. The maximum Gasteiger partial charge on any atom is 0.126 e. The summed E-state index contributed by atoms with van der Waals surface area (Å²) in [7, 11) is -0.767. The molecule has 19 heavy (non-hydrogen) atoms. The SMILES string of the molecule is CC(CCNc1ccc2cc(N)ccc2n1)S(C)=O. The van der Waals surface area contributed by atoms with E-state index in [9.17, 15) is 4.21 Å². The Kier molecular flexibility index (Phi) is 4.37. The topological polar surface area (TPSA) is 68.0 Å². The average Bonchev–Trinajstić information content (AvgIpc) is 2.38. The van der Waals surface area contributed by atoms with E-state index in [1.807, 2.05) is 37.3 Å². The van der Waals surface area contributed by atoms with Gasteiger partial charge in [-0.3, -0.25) is 4.21 Å². The van der Waals surface area contributed by atoms with Gasteiger partial charge in [-0.05, 0) is 36.8 Å². The first kappa shape index (κ1) is 13.8. The molecule has 0 saturated carbocycles. The second-order valence-corrected chi connectivity index (χ2v) is 6.48. The molecule has 0 saturated heterocycles. The van der Waals surface area contributed by atoms with Crippen LogP contribution in [0.5, 0.6) is 0 Å². The highest BCUT2D eigenvalue weighted by molar-refractivity contribution is 7.84. The number of nitrogen functional groups attached to an aromatic ring is 1. The van der Waals surface area contributed by atoms with Gasteiger partial charge in [0.15, 0.2) is 0 Å². The van der Waals surface area contributed by atoms with E-state index >= 15 is 0 Å². The van der Waals surface area contributed by atoms with Crippen LogP contribution in [0.15, 0.2) is 30.3 Å². The molecular weight excluding hydrogens is 258 g/mol. The first-order chi connectivity index (χ1) is 9.06. The Morgan fingerprint density at radius 2 is 2.16 bits per heavy atom. The van der Waals surface area contributed by atoms with Crippen molar-refractivity contribution in [3.05, 3.63) is 30.3 Å². The van der Waals surface area contributed by atoms with Crippen molar-refractivity contribution in [3.63, 3.8) is 0 Å². The molecule has 2 aromatic rings. The van der Waals surface area contributed by atoms with E-state index in [-0.39, 0.29) is 5.25 Å². The van der Waals surface area contributed by atoms with Gasteiger partial charge in [0.2, 0.25) is 0 Å². The number of hydrogen-bond acceptors (Lipinski definition) is 4. The molecule has 102 valence electrons. The average molecular weight is 277 g/mol. The highest BCUT2D eigenvalue weighted by Gasteiger charge is 2.05. The molecule has 1 aromatic heterocycles. The number of nitrogens with one attached hydrogen (secondary N) is 1. The summed E-state index contributed by atoms with van der Waals surface area (Å²) in [6, 6.07) is 9.62. The van der Waals surface area contributed by atoms with Crippen LogP contribution < -0.4 is 11.1 Å². The third-order valence-corrected chi connectivity index (χ3v) is 4.51. The maximum absolute atomic E-state index is 11.2. The minimum absolute atomic E-state index is 0.202. The highest BCUT2D eigenvalue weighted by Crippen LogP contribution is 2.18. The summed E-state index contributed by atoms with van der Waals surface area (Å²) >= 11 is 0. The predicted molar refractivity (Wildman–Crippen MR) is 82.8 cm³/mol. The van der Waals surface area contributed by atoms with Gasteiger partial charge in [-0.2, -0.15) is 0 Å². The zero-order chi connectivity index (χ0) is 13.8. The standard InChI is InChI=1S/C14H19N3OS/c1-10(19(2)18)7-8-16-14-6-3-11-9-12(15)4-5-13(11)17-14/h3-6,9-10H,7-8,15H2,1-2H3,(H,16,17). The van der Waals surface area contributed by atoms with Crippen LogP contribution in [0, 0.1) is 0 Å². The molecule has 3 N–H and O–H groups in total. The number of pyridine rings is 1. The van der Waals surface area contributed by atoms with E-state index < -0.39 is 10.8 Å². The minimum Gasteiger partial charge on any atom is -0.399 e. The lowest BCUT2D eigenvalue weighted by Crippen LogP contribution is -2.15. The van der Waals surface area contributed by atoms with Crippen LogP contribution in [-0.4, -0.2) is 27.2 Å². The summed E-state index contributed by atoms with van der Waals surface area (Å²) in [6.45, 7) is 2.77. The van der Waals surface area contributed by atoms with E-state index in [2.05, 4.69) is 10.3 Å². The van der Waals surface area contributed by atoms with E-state index in [1.165, 1.54) is 0 Å². The van der Waals surface area contributed by atoms with Gasteiger partial charge in [-0.25, -0.2) is 4.98 Å². The molecule has 0 aliphatic heterocycles. The third kappa shape index (κ3) is 3.67. The second kappa shape index (κ2) is 6.02. The normalized spacial score (nSPS) is 14.2. The van der Waals surface area contributed by atoms with Crippen LogP contribution in [0.2, 0.25) is 0 Å². The lowest BCUT2D eigenvalue weighted by molar-refractivity contribution is 0.672. The van der Waals surface area contributed by atoms with Gasteiger partial charge in [-0.1, -0.05) is 6.92 Å². The van der Waals surface area contributed by atoms with Crippen LogP contribution in [0.4, 0.5) is 11.5 Å². The number of benzene rings is 1. The summed E-state index contributed by atoms with van der Waals surface area (Å²) in [5.41, 5.74) is 7.40. The van der Waals surface area contributed by atoms with Crippen molar-refractivity contribution < 1.29 is 4.21 Å². The second-order valence-electron chi connectivity index (χ2n) is 4.67. The molecule has 1 aromatic carbocycles. The van der Waals surface area contributed by atoms with Crippen molar-refractivity contribution in [1.29, 1.82) is 0 Å². The summed E-state index contributed by atoms with van der Waals surface area (Å²) in [4.78, 5) is 4.52. The molecule has 0 bridgehead atoms. The Morgan fingerprint density at radius 1 is 1.37 bits per heavy atom. The fourth-order valence-corrected chi connectivity index (χ4v) is 2.26. The summed E-state index contributed by atoms with van der Waals surface area (Å²) in [5.74, 6) is 0.839. The monoisotopic (exact) mass is 277 g/mol. The lowest BCUT2D eigenvalue weighted by atomic mass is 10.2. The number of rotatable bonds is 5. The Hall–Kier alpha value is -1.62. The van der Waals surface area contributed by atoms with Crippen molar-refractivity contribution in [2.24, 2.45) is 0 Å². The number of nitrogens with zero attached hydrogens (tertiary/aromatic N) is 1. The third-order valence-electron chi connectivity index (χ3n) is 3.14. The zero-order valence-corrected chi connectivity index (χ0v) is 12.0. The number of aromatic nitrogens is 1. The van der Waals surface area contributed by atoms with Crippen LogP contribution in [0.3, 0.4) is 0 Å². The molecule has 0 fully saturated rings. The Morgan fingerprint density at radius 3 is 2.89 bits per heavy atom. The molecular formula is C14H19N3OS. The minimum atomic E-state index is -0.767.